The number of nitriles is 1. The summed E-state index contributed by atoms with van der Waals surface area (Å²) in [6, 6.07) is 20.7. The maximum atomic E-state index is 12.5. The molecule has 29 heavy (non-hydrogen) atoms. The number of carbonyl (C=O) groups excluding carboxylic acids is 1. The second-order valence-corrected chi connectivity index (χ2v) is 7.57. The van der Waals surface area contributed by atoms with Gasteiger partial charge < -0.3 is 10.2 Å². The highest BCUT2D eigenvalue weighted by atomic mass is 16.1. The molecule has 0 heterocycles. The van der Waals surface area contributed by atoms with Crippen LogP contribution in [0.4, 0.5) is 5.69 Å². The van der Waals surface area contributed by atoms with E-state index in [-0.39, 0.29) is 17.5 Å². The molecule has 0 unspecified atom stereocenters. The number of hydrogen-bond acceptors (Lipinski definition) is 3. The Bertz CT molecular complexity index is 859. The number of benzene rings is 2. The summed E-state index contributed by atoms with van der Waals surface area (Å²) in [5.74, 6) is -0.261. The molecule has 0 bridgehead atoms. The van der Waals surface area contributed by atoms with Gasteiger partial charge in [-0.25, -0.2) is 0 Å². The third-order valence-corrected chi connectivity index (χ3v) is 5.47. The van der Waals surface area contributed by atoms with E-state index in [1.54, 1.807) is 6.08 Å². The van der Waals surface area contributed by atoms with E-state index in [2.05, 4.69) is 47.5 Å². The summed E-state index contributed by atoms with van der Waals surface area (Å²) in [5, 5.41) is 12.5. The zero-order valence-corrected chi connectivity index (χ0v) is 17.1. The standard InChI is InChI=1S/C25H29N3O/c1-2-28(19-21-9-5-3-6-10-21)24-15-13-20(14-16-24)17-22(18-26)25(29)27-23-11-7-4-8-12-23/h3,5-6,9-10,13-17,23H,2,4,7-8,11-12,19H2,1H3,(H,27,29)/b22-17-. The minimum absolute atomic E-state index is 0.167. The van der Waals surface area contributed by atoms with Crippen LogP contribution in [0.1, 0.15) is 50.2 Å². The smallest absolute Gasteiger partial charge is 0.262 e. The van der Waals surface area contributed by atoms with Gasteiger partial charge in [0.25, 0.3) is 5.91 Å². The average molecular weight is 388 g/mol. The number of nitrogens with one attached hydrogen (secondary N) is 1. The van der Waals surface area contributed by atoms with Crippen LogP contribution in [0.2, 0.25) is 0 Å². The Kier molecular flexibility index (Phi) is 7.47. The number of hydrogen-bond donors (Lipinski definition) is 1. The molecular weight excluding hydrogens is 358 g/mol. The average Bonchev–Trinajstić information content (AvgIpc) is 2.77. The monoisotopic (exact) mass is 387 g/mol. The van der Waals surface area contributed by atoms with Crippen molar-refractivity contribution in [2.24, 2.45) is 0 Å². The fraction of sp³-hybridized carbons (Fsp3) is 0.360. The molecular formula is C25H29N3O. The summed E-state index contributed by atoms with van der Waals surface area (Å²) in [6.45, 7) is 3.89. The van der Waals surface area contributed by atoms with Gasteiger partial charge in [-0.05, 0) is 49.1 Å². The van der Waals surface area contributed by atoms with Crippen molar-refractivity contribution in [3.05, 3.63) is 71.3 Å². The minimum atomic E-state index is -0.261. The SMILES string of the molecule is CCN(Cc1ccccc1)c1ccc(/C=C(/C#N)C(=O)NC2CCCCC2)cc1. The van der Waals surface area contributed by atoms with Crippen LogP contribution < -0.4 is 10.2 Å². The van der Waals surface area contributed by atoms with E-state index >= 15 is 0 Å². The van der Waals surface area contributed by atoms with Gasteiger partial charge in [0.1, 0.15) is 11.6 Å². The van der Waals surface area contributed by atoms with Gasteiger partial charge in [0.2, 0.25) is 0 Å². The zero-order valence-electron chi connectivity index (χ0n) is 17.1. The summed E-state index contributed by atoms with van der Waals surface area (Å²) in [7, 11) is 0. The molecule has 0 aliphatic heterocycles. The lowest BCUT2D eigenvalue weighted by molar-refractivity contribution is -0.117. The first-order valence-electron chi connectivity index (χ1n) is 10.5. The fourth-order valence-corrected chi connectivity index (χ4v) is 3.80. The molecule has 1 aliphatic carbocycles. The molecule has 0 radical (unpaired) electrons. The van der Waals surface area contributed by atoms with Gasteiger partial charge in [-0.15, -0.1) is 0 Å². The Balaban J connectivity index is 1.67. The fourth-order valence-electron chi connectivity index (χ4n) is 3.80. The third-order valence-electron chi connectivity index (χ3n) is 5.47. The normalized spacial score (nSPS) is 14.8. The van der Waals surface area contributed by atoms with Crippen molar-refractivity contribution in [3.8, 4) is 6.07 Å². The number of anilines is 1. The first-order valence-corrected chi connectivity index (χ1v) is 10.5. The van der Waals surface area contributed by atoms with Crippen molar-refractivity contribution in [1.82, 2.24) is 5.32 Å². The predicted molar refractivity (Wildman–Crippen MR) is 118 cm³/mol. The molecule has 1 amide bonds. The van der Waals surface area contributed by atoms with Crippen LogP contribution in [-0.4, -0.2) is 18.5 Å². The number of rotatable bonds is 7. The molecule has 0 aromatic heterocycles. The van der Waals surface area contributed by atoms with Crippen molar-refractivity contribution in [2.45, 2.75) is 51.6 Å². The second-order valence-electron chi connectivity index (χ2n) is 7.57. The van der Waals surface area contributed by atoms with Gasteiger partial charge in [-0.2, -0.15) is 5.26 Å². The second kappa shape index (κ2) is 10.5. The van der Waals surface area contributed by atoms with Crippen LogP contribution in [-0.2, 0) is 11.3 Å². The molecule has 0 saturated heterocycles. The topological polar surface area (TPSA) is 56.1 Å². The molecule has 2 aromatic rings. The van der Waals surface area contributed by atoms with Crippen LogP contribution in [0.5, 0.6) is 0 Å². The molecule has 4 heteroatoms. The Morgan fingerprint density at radius 2 is 1.79 bits per heavy atom. The quantitative estimate of drug-likeness (QED) is 0.533. The van der Waals surface area contributed by atoms with Gasteiger partial charge in [0.15, 0.2) is 0 Å². The van der Waals surface area contributed by atoms with E-state index in [1.807, 2.05) is 30.3 Å². The highest BCUT2D eigenvalue weighted by Crippen LogP contribution is 2.20. The first kappa shape index (κ1) is 20.7. The van der Waals surface area contributed by atoms with E-state index in [0.29, 0.717) is 0 Å². The van der Waals surface area contributed by atoms with E-state index in [0.717, 1.165) is 50.0 Å². The minimum Gasteiger partial charge on any atom is -0.367 e. The van der Waals surface area contributed by atoms with Gasteiger partial charge in [0, 0.05) is 24.8 Å². The summed E-state index contributed by atoms with van der Waals surface area (Å²) in [6.07, 6.45) is 7.22. The zero-order chi connectivity index (χ0) is 20.5. The van der Waals surface area contributed by atoms with Gasteiger partial charge in [-0.3, -0.25) is 4.79 Å². The lowest BCUT2D eigenvalue weighted by atomic mass is 9.95. The summed E-state index contributed by atoms with van der Waals surface area (Å²) < 4.78 is 0. The molecule has 150 valence electrons. The maximum absolute atomic E-state index is 12.5. The number of nitrogens with zero attached hydrogens (tertiary/aromatic N) is 2. The van der Waals surface area contributed by atoms with Crippen molar-refractivity contribution < 1.29 is 4.79 Å². The van der Waals surface area contributed by atoms with Gasteiger partial charge in [0.05, 0.1) is 0 Å². The van der Waals surface area contributed by atoms with Crippen molar-refractivity contribution in [1.29, 1.82) is 5.26 Å². The van der Waals surface area contributed by atoms with Crippen LogP contribution in [0.15, 0.2) is 60.2 Å². The van der Waals surface area contributed by atoms with E-state index in [9.17, 15) is 10.1 Å². The predicted octanol–water partition coefficient (Wildman–Crippen LogP) is 5.07. The Morgan fingerprint density at radius 1 is 1.10 bits per heavy atom. The van der Waals surface area contributed by atoms with Crippen LogP contribution >= 0.6 is 0 Å². The van der Waals surface area contributed by atoms with E-state index in [4.69, 9.17) is 0 Å². The molecule has 1 aliphatic rings. The Labute approximate surface area is 173 Å². The molecule has 1 N–H and O–H groups in total. The van der Waals surface area contributed by atoms with Gasteiger partial charge in [-0.1, -0.05) is 61.7 Å². The summed E-state index contributed by atoms with van der Waals surface area (Å²) in [5.41, 5.74) is 3.42. The Morgan fingerprint density at radius 3 is 2.41 bits per heavy atom. The highest BCUT2D eigenvalue weighted by molar-refractivity contribution is 6.01. The lowest BCUT2D eigenvalue weighted by Crippen LogP contribution is -2.36. The summed E-state index contributed by atoms with van der Waals surface area (Å²) in [4.78, 5) is 14.8. The number of carbonyl (C=O) groups is 1. The lowest BCUT2D eigenvalue weighted by Gasteiger charge is -2.23. The number of amides is 1. The van der Waals surface area contributed by atoms with Crippen molar-refractivity contribution in [2.75, 3.05) is 11.4 Å². The van der Waals surface area contributed by atoms with Crippen LogP contribution in [0, 0.1) is 11.3 Å². The van der Waals surface area contributed by atoms with Crippen molar-refractivity contribution in [3.63, 3.8) is 0 Å². The molecule has 1 saturated carbocycles. The molecule has 3 rings (SSSR count). The largest absolute Gasteiger partial charge is 0.367 e. The molecule has 1 fully saturated rings. The summed E-state index contributed by atoms with van der Waals surface area (Å²) >= 11 is 0. The highest BCUT2D eigenvalue weighted by Gasteiger charge is 2.18. The van der Waals surface area contributed by atoms with E-state index in [1.165, 1.54) is 12.0 Å². The molecule has 4 nitrogen and oxygen atoms in total. The van der Waals surface area contributed by atoms with Crippen LogP contribution in [0.3, 0.4) is 0 Å². The molecule has 0 spiro atoms. The molecule has 0 atom stereocenters. The van der Waals surface area contributed by atoms with Crippen molar-refractivity contribution >= 4 is 17.7 Å². The Hall–Kier alpha value is -3.06. The molecule has 2 aromatic carbocycles. The first-order chi connectivity index (χ1) is 14.2. The maximum Gasteiger partial charge on any atom is 0.262 e. The third kappa shape index (κ3) is 5.96. The van der Waals surface area contributed by atoms with E-state index < -0.39 is 0 Å². The van der Waals surface area contributed by atoms with Gasteiger partial charge >= 0.3 is 0 Å². The van der Waals surface area contributed by atoms with Crippen LogP contribution in [0.25, 0.3) is 6.08 Å².